The zero-order valence-electron chi connectivity index (χ0n) is 14.8. The third-order valence-corrected chi connectivity index (χ3v) is 4.40. The molecular weight excluding hydrogens is 342 g/mol. The molecule has 26 heavy (non-hydrogen) atoms. The van der Waals surface area contributed by atoms with Gasteiger partial charge in [0.1, 0.15) is 5.75 Å². The summed E-state index contributed by atoms with van der Waals surface area (Å²) in [6.45, 7) is 1.55. The van der Waals surface area contributed by atoms with E-state index in [2.05, 4.69) is 17.6 Å². The summed E-state index contributed by atoms with van der Waals surface area (Å²) in [5.74, 6) is -0.0966. The van der Waals surface area contributed by atoms with E-state index in [4.69, 9.17) is 9.47 Å². The minimum Gasteiger partial charge on any atom is -0.496 e. The smallest absolute Gasteiger partial charge is 0.321 e. The summed E-state index contributed by atoms with van der Waals surface area (Å²) in [5, 5.41) is 16.0. The average Bonchev–Trinajstić information content (AvgIpc) is 2.61. The number of rotatable bonds is 6. The summed E-state index contributed by atoms with van der Waals surface area (Å²) in [6.07, 6.45) is 4.13. The molecule has 1 saturated carbocycles. The van der Waals surface area contributed by atoms with Crippen LogP contribution in [0.25, 0.3) is 0 Å². The van der Waals surface area contributed by atoms with Crippen molar-refractivity contribution < 1.29 is 24.0 Å². The quantitative estimate of drug-likeness (QED) is 0.590. The molecule has 1 aliphatic rings. The second kappa shape index (κ2) is 9.02. The highest BCUT2D eigenvalue weighted by molar-refractivity contribution is 5.95. The molecule has 0 bridgehead atoms. The van der Waals surface area contributed by atoms with Crippen molar-refractivity contribution in [2.24, 2.45) is 5.92 Å². The van der Waals surface area contributed by atoms with Crippen LogP contribution in [-0.2, 0) is 4.79 Å². The predicted molar refractivity (Wildman–Crippen MR) is 93.2 cm³/mol. The minimum absolute atomic E-state index is 0.0418. The number of nitro groups is 1. The molecule has 1 aromatic rings. The number of hydrogen-bond acceptors (Lipinski definition) is 6. The number of nitrogens with one attached hydrogen (secondary N) is 2. The molecule has 1 fully saturated rings. The summed E-state index contributed by atoms with van der Waals surface area (Å²) in [6, 6.07) is 3.48. The van der Waals surface area contributed by atoms with Gasteiger partial charge in [-0.1, -0.05) is 19.8 Å². The highest BCUT2D eigenvalue weighted by atomic mass is 16.6. The lowest BCUT2D eigenvalue weighted by molar-refractivity contribution is -0.385. The van der Waals surface area contributed by atoms with Crippen LogP contribution in [0.2, 0.25) is 0 Å². The van der Waals surface area contributed by atoms with Crippen molar-refractivity contribution in [3.8, 4) is 11.5 Å². The largest absolute Gasteiger partial charge is 0.496 e. The third-order valence-electron chi connectivity index (χ3n) is 4.40. The van der Waals surface area contributed by atoms with Crippen molar-refractivity contribution in [3.63, 3.8) is 0 Å². The van der Waals surface area contributed by atoms with Gasteiger partial charge in [-0.15, -0.1) is 0 Å². The van der Waals surface area contributed by atoms with Crippen molar-refractivity contribution in [2.75, 3.05) is 13.7 Å². The number of carbonyl (C=O) groups excluding carboxylic acids is 2. The van der Waals surface area contributed by atoms with Gasteiger partial charge in [-0.3, -0.25) is 20.2 Å². The molecule has 1 aliphatic carbocycles. The molecular formula is C17H23N3O6. The Morgan fingerprint density at radius 2 is 2.04 bits per heavy atom. The lowest BCUT2D eigenvalue weighted by atomic mass is 9.86. The molecule has 2 atom stereocenters. The molecule has 142 valence electrons. The van der Waals surface area contributed by atoms with Gasteiger partial charge in [0.25, 0.3) is 5.91 Å². The predicted octanol–water partition coefficient (Wildman–Crippen LogP) is 2.39. The fourth-order valence-electron chi connectivity index (χ4n) is 2.93. The number of nitro benzene ring substituents is 1. The first-order valence-corrected chi connectivity index (χ1v) is 8.46. The molecule has 0 aliphatic heterocycles. The molecule has 0 heterocycles. The zero-order valence-corrected chi connectivity index (χ0v) is 14.8. The Hall–Kier alpha value is -2.84. The first-order chi connectivity index (χ1) is 12.4. The molecule has 9 nitrogen and oxygen atoms in total. The second-order valence-corrected chi connectivity index (χ2v) is 6.27. The SMILES string of the molecule is COc1ccc(OCC(=O)NC(=O)N[C@@H]2CCCC[C@H]2C)c([N+](=O)[O-])c1. The standard InChI is InChI=1S/C17H23N3O6/c1-11-5-3-4-6-13(11)18-17(22)19-16(21)10-26-15-8-7-12(25-2)9-14(15)20(23)24/h7-9,11,13H,3-6,10H2,1-2H3,(H2,18,19,21,22)/t11-,13-/m1/s1. The van der Waals surface area contributed by atoms with Crippen LogP contribution in [0.1, 0.15) is 32.6 Å². The van der Waals surface area contributed by atoms with Crippen LogP contribution in [-0.4, -0.2) is 36.6 Å². The summed E-state index contributed by atoms with van der Waals surface area (Å²) in [4.78, 5) is 34.2. The monoisotopic (exact) mass is 365 g/mol. The Bertz CT molecular complexity index is 678. The maximum Gasteiger partial charge on any atom is 0.321 e. The second-order valence-electron chi connectivity index (χ2n) is 6.27. The maximum atomic E-state index is 11.9. The van der Waals surface area contributed by atoms with E-state index in [-0.39, 0.29) is 17.5 Å². The fourth-order valence-corrected chi connectivity index (χ4v) is 2.93. The number of imide groups is 1. The molecule has 0 aromatic heterocycles. The van der Waals surface area contributed by atoms with E-state index >= 15 is 0 Å². The number of amides is 3. The molecule has 0 spiro atoms. The third kappa shape index (κ3) is 5.33. The van der Waals surface area contributed by atoms with Gasteiger partial charge in [-0.05, 0) is 30.9 Å². The first kappa shape index (κ1) is 19.5. The molecule has 0 radical (unpaired) electrons. The number of urea groups is 1. The van der Waals surface area contributed by atoms with Crippen molar-refractivity contribution >= 4 is 17.6 Å². The number of nitrogens with zero attached hydrogens (tertiary/aromatic N) is 1. The van der Waals surface area contributed by atoms with Crippen LogP contribution in [0.3, 0.4) is 0 Å². The lowest BCUT2D eigenvalue weighted by Gasteiger charge is -2.29. The number of methoxy groups -OCH3 is 1. The highest BCUT2D eigenvalue weighted by Gasteiger charge is 2.24. The van der Waals surface area contributed by atoms with E-state index < -0.39 is 23.5 Å². The Labute approximate surface area is 151 Å². The number of carbonyl (C=O) groups is 2. The van der Waals surface area contributed by atoms with Gasteiger partial charge >= 0.3 is 11.7 Å². The van der Waals surface area contributed by atoms with E-state index in [0.717, 1.165) is 25.7 Å². The van der Waals surface area contributed by atoms with Crippen LogP contribution < -0.4 is 20.1 Å². The van der Waals surface area contributed by atoms with E-state index in [0.29, 0.717) is 11.7 Å². The van der Waals surface area contributed by atoms with Crippen LogP contribution in [0.15, 0.2) is 18.2 Å². The van der Waals surface area contributed by atoms with Crippen LogP contribution in [0, 0.1) is 16.0 Å². The molecule has 0 saturated heterocycles. The van der Waals surface area contributed by atoms with Gasteiger partial charge in [-0.25, -0.2) is 4.79 Å². The molecule has 1 aromatic carbocycles. The number of hydrogen-bond donors (Lipinski definition) is 2. The minimum atomic E-state index is -0.684. The molecule has 0 unspecified atom stereocenters. The van der Waals surface area contributed by atoms with Gasteiger partial charge < -0.3 is 14.8 Å². The summed E-state index contributed by atoms with van der Waals surface area (Å²) >= 11 is 0. The Morgan fingerprint density at radius 1 is 1.31 bits per heavy atom. The van der Waals surface area contributed by atoms with Crippen LogP contribution >= 0.6 is 0 Å². The summed E-state index contributed by atoms with van der Waals surface area (Å²) < 4.78 is 10.1. The van der Waals surface area contributed by atoms with Crippen molar-refractivity contribution in [1.82, 2.24) is 10.6 Å². The zero-order chi connectivity index (χ0) is 19.1. The normalized spacial score (nSPS) is 19.3. The van der Waals surface area contributed by atoms with Crippen molar-refractivity contribution in [1.29, 1.82) is 0 Å². The van der Waals surface area contributed by atoms with Crippen LogP contribution in [0.5, 0.6) is 11.5 Å². The van der Waals surface area contributed by atoms with Crippen molar-refractivity contribution in [2.45, 2.75) is 38.6 Å². The van der Waals surface area contributed by atoms with E-state index in [9.17, 15) is 19.7 Å². The highest BCUT2D eigenvalue weighted by Crippen LogP contribution is 2.30. The molecule has 2 rings (SSSR count). The molecule has 2 N–H and O–H groups in total. The van der Waals surface area contributed by atoms with Gasteiger partial charge in [0.15, 0.2) is 12.4 Å². The van der Waals surface area contributed by atoms with E-state index in [1.165, 1.54) is 25.3 Å². The lowest BCUT2D eigenvalue weighted by Crippen LogP contribution is -2.48. The summed E-state index contributed by atoms with van der Waals surface area (Å²) in [5.41, 5.74) is -0.322. The van der Waals surface area contributed by atoms with E-state index in [1.54, 1.807) is 0 Å². The Kier molecular flexibility index (Phi) is 6.76. The van der Waals surface area contributed by atoms with Gasteiger partial charge in [0.05, 0.1) is 18.1 Å². The van der Waals surface area contributed by atoms with Crippen molar-refractivity contribution in [3.05, 3.63) is 28.3 Å². The van der Waals surface area contributed by atoms with Gasteiger partial charge in [0.2, 0.25) is 0 Å². The molecule has 9 heteroatoms. The topological polar surface area (TPSA) is 120 Å². The number of benzene rings is 1. The van der Waals surface area contributed by atoms with Crippen LogP contribution in [0.4, 0.5) is 10.5 Å². The Morgan fingerprint density at radius 3 is 2.69 bits per heavy atom. The first-order valence-electron chi connectivity index (χ1n) is 8.46. The van der Waals surface area contributed by atoms with E-state index in [1.807, 2.05) is 0 Å². The molecule has 3 amide bonds. The summed E-state index contributed by atoms with van der Waals surface area (Å²) in [7, 11) is 1.39. The fraction of sp³-hybridized carbons (Fsp3) is 0.529. The number of ether oxygens (including phenoxy) is 2. The average molecular weight is 365 g/mol. The maximum absolute atomic E-state index is 11.9. The van der Waals surface area contributed by atoms with Gasteiger partial charge in [-0.2, -0.15) is 0 Å². The Balaban J connectivity index is 1.86. The van der Waals surface area contributed by atoms with Gasteiger partial charge in [0, 0.05) is 6.04 Å².